The van der Waals surface area contributed by atoms with Gasteiger partial charge in [-0.15, -0.1) is 0 Å². The molecule has 4 nitrogen and oxygen atoms in total. The Bertz CT molecular complexity index is 876. The number of halogens is 2. The summed E-state index contributed by atoms with van der Waals surface area (Å²) in [6.45, 7) is 0. The molecule has 3 rings (SSSR count). The molecule has 1 aromatic heterocycles. The monoisotopic (exact) mass is 345 g/mol. The molecule has 116 valence electrons. The van der Waals surface area contributed by atoms with Crippen LogP contribution >= 0.6 is 23.2 Å². The molecule has 0 bridgehead atoms. The van der Waals surface area contributed by atoms with Gasteiger partial charge >= 0.3 is 0 Å². The van der Waals surface area contributed by atoms with E-state index in [-0.39, 0.29) is 0 Å². The van der Waals surface area contributed by atoms with Crippen molar-refractivity contribution in [3.8, 4) is 11.1 Å². The molecule has 0 saturated carbocycles. The molecule has 0 aliphatic heterocycles. The first-order valence-corrected chi connectivity index (χ1v) is 7.60. The highest BCUT2D eigenvalue weighted by atomic mass is 35.5. The molecule has 1 heterocycles. The van der Waals surface area contributed by atoms with Crippen LogP contribution in [0, 0.1) is 0 Å². The van der Waals surface area contributed by atoms with Gasteiger partial charge in [-0.25, -0.2) is 9.97 Å². The zero-order chi connectivity index (χ0) is 16.2. The molecule has 0 aliphatic carbocycles. The summed E-state index contributed by atoms with van der Waals surface area (Å²) in [7, 11) is 1.58. The lowest BCUT2D eigenvalue weighted by Gasteiger charge is -2.11. The molecule has 0 spiro atoms. The van der Waals surface area contributed by atoms with Crippen LogP contribution in [0.4, 0.5) is 5.82 Å². The Hall–Kier alpha value is -2.30. The summed E-state index contributed by atoms with van der Waals surface area (Å²) in [4.78, 5) is 8.65. The molecule has 23 heavy (non-hydrogen) atoms. The van der Waals surface area contributed by atoms with E-state index in [4.69, 9.17) is 27.9 Å². The smallest absolute Gasteiger partial charge is 0.141 e. The number of hydrogen-bond donors (Lipinski definition) is 1. The predicted molar refractivity (Wildman–Crippen MR) is 94.8 cm³/mol. The van der Waals surface area contributed by atoms with Crippen LogP contribution < -0.4 is 5.32 Å². The van der Waals surface area contributed by atoms with Crippen LogP contribution in [-0.4, -0.2) is 17.1 Å². The molecule has 6 heteroatoms. The van der Waals surface area contributed by atoms with Gasteiger partial charge in [0.1, 0.15) is 12.1 Å². The number of nitrogens with one attached hydrogen (secondary N) is 1. The molecular formula is C17H13Cl2N3O. The summed E-state index contributed by atoms with van der Waals surface area (Å²) in [6.07, 6.45) is 4.73. The highest BCUT2D eigenvalue weighted by Gasteiger charge is 2.11. The van der Waals surface area contributed by atoms with Crippen molar-refractivity contribution >= 4 is 39.9 Å². The molecule has 3 aromatic rings. The summed E-state index contributed by atoms with van der Waals surface area (Å²) in [5.74, 6) is 0.685. The van der Waals surface area contributed by atoms with Crippen LogP contribution in [0.3, 0.4) is 0 Å². The van der Waals surface area contributed by atoms with Crippen LogP contribution in [-0.2, 0) is 4.74 Å². The molecule has 0 radical (unpaired) electrons. The zero-order valence-electron chi connectivity index (χ0n) is 12.3. The van der Waals surface area contributed by atoms with E-state index in [1.165, 1.54) is 12.6 Å². The third-order valence-electron chi connectivity index (χ3n) is 3.32. The molecule has 2 aromatic carbocycles. The van der Waals surface area contributed by atoms with E-state index < -0.39 is 0 Å². The normalized spacial score (nSPS) is 11.1. The molecule has 0 unspecified atom stereocenters. The maximum absolute atomic E-state index is 6.15. The van der Waals surface area contributed by atoms with Crippen molar-refractivity contribution in [2.75, 3.05) is 12.4 Å². The van der Waals surface area contributed by atoms with Crippen molar-refractivity contribution in [2.45, 2.75) is 0 Å². The summed E-state index contributed by atoms with van der Waals surface area (Å²) in [5.41, 5.74) is 2.74. The Balaban J connectivity index is 2.19. The lowest BCUT2D eigenvalue weighted by Crippen LogP contribution is -1.96. The fraction of sp³-hybridized carbons (Fsp3) is 0.0588. The van der Waals surface area contributed by atoms with Crippen LogP contribution in [0.25, 0.3) is 22.0 Å². The third-order valence-corrected chi connectivity index (χ3v) is 4.06. The minimum absolute atomic E-state index is 0.506. The van der Waals surface area contributed by atoms with Gasteiger partial charge in [0.15, 0.2) is 0 Å². The Labute approximate surface area is 143 Å². The van der Waals surface area contributed by atoms with Crippen molar-refractivity contribution in [3.05, 3.63) is 65.2 Å². The fourth-order valence-electron chi connectivity index (χ4n) is 2.30. The second-order valence-electron chi connectivity index (χ2n) is 4.73. The van der Waals surface area contributed by atoms with E-state index in [0.29, 0.717) is 15.9 Å². The topological polar surface area (TPSA) is 47.0 Å². The van der Waals surface area contributed by atoms with Crippen molar-refractivity contribution in [3.63, 3.8) is 0 Å². The Morgan fingerprint density at radius 3 is 2.74 bits per heavy atom. The average molecular weight is 346 g/mol. The van der Waals surface area contributed by atoms with Crippen LogP contribution in [0.15, 0.2) is 55.2 Å². The predicted octanol–water partition coefficient (Wildman–Crippen LogP) is 5.13. The first-order valence-electron chi connectivity index (χ1n) is 6.84. The van der Waals surface area contributed by atoms with E-state index in [9.17, 15) is 0 Å². The minimum Gasteiger partial charge on any atom is -0.503 e. The highest BCUT2D eigenvalue weighted by molar-refractivity contribution is 6.42. The number of rotatable bonds is 4. The summed E-state index contributed by atoms with van der Waals surface area (Å²) in [5, 5.41) is 5.03. The van der Waals surface area contributed by atoms with Crippen LogP contribution in [0.1, 0.15) is 0 Å². The molecular weight excluding hydrogens is 333 g/mol. The van der Waals surface area contributed by atoms with E-state index in [0.717, 1.165) is 22.0 Å². The van der Waals surface area contributed by atoms with Gasteiger partial charge < -0.3 is 10.1 Å². The number of benzene rings is 2. The molecule has 1 N–H and O–H groups in total. The molecule has 0 saturated heterocycles. The third kappa shape index (κ3) is 3.23. The van der Waals surface area contributed by atoms with Gasteiger partial charge in [0.05, 0.1) is 34.3 Å². The number of hydrogen-bond acceptors (Lipinski definition) is 4. The van der Waals surface area contributed by atoms with E-state index >= 15 is 0 Å². The fourth-order valence-corrected chi connectivity index (χ4v) is 2.60. The Morgan fingerprint density at radius 2 is 1.96 bits per heavy atom. The average Bonchev–Trinajstić information content (AvgIpc) is 2.57. The summed E-state index contributed by atoms with van der Waals surface area (Å²) >= 11 is 12.2. The standard InChI is InChI=1S/C17H13Cl2N3O/c1-23-8-7-20-17-16-12(3-2-4-15(16)21-10-22-17)11-5-6-13(18)14(19)9-11/h2-10H,1H3,(H,20,21,22)/b8-7+. The number of fused-ring (bicyclic) bond motifs is 1. The molecule has 0 aliphatic rings. The second kappa shape index (κ2) is 6.86. The largest absolute Gasteiger partial charge is 0.503 e. The Kier molecular flexibility index (Phi) is 4.65. The van der Waals surface area contributed by atoms with Gasteiger partial charge in [-0.05, 0) is 29.3 Å². The first-order chi connectivity index (χ1) is 11.2. The number of nitrogens with zero attached hydrogens (tertiary/aromatic N) is 2. The van der Waals surface area contributed by atoms with E-state index in [1.54, 1.807) is 19.4 Å². The van der Waals surface area contributed by atoms with Gasteiger partial charge in [0.2, 0.25) is 0 Å². The summed E-state index contributed by atoms with van der Waals surface area (Å²) < 4.78 is 4.90. The SMILES string of the molecule is CO/C=C/Nc1ncnc2cccc(-c3ccc(Cl)c(Cl)c3)c12. The van der Waals surface area contributed by atoms with Crippen LogP contribution in [0.5, 0.6) is 0 Å². The van der Waals surface area contributed by atoms with Gasteiger partial charge in [-0.2, -0.15) is 0 Å². The summed E-state index contributed by atoms with van der Waals surface area (Å²) in [6, 6.07) is 11.4. The number of methoxy groups -OCH3 is 1. The van der Waals surface area contributed by atoms with Gasteiger partial charge in [-0.1, -0.05) is 41.4 Å². The van der Waals surface area contributed by atoms with Crippen LogP contribution in [0.2, 0.25) is 10.0 Å². The minimum atomic E-state index is 0.506. The number of anilines is 1. The second-order valence-corrected chi connectivity index (χ2v) is 5.55. The van der Waals surface area contributed by atoms with E-state index in [1.807, 2.05) is 30.3 Å². The maximum atomic E-state index is 6.15. The van der Waals surface area contributed by atoms with E-state index in [2.05, 4.69) is 15.3 Å². The Morgan fingerprint density at radius 1 is 1.09 bits per heavy atom. The zero-order valence-corrected chi connectivity index (χ0v) is 13.8. The van der Waals surface area contributed by atoms with Crippen molar-refractivity contribution in [1.82, 2.24) is 9.97 Å². The molecule has 0 atom stereocenters. The number of ether oxygens (including phenoxy) is 1. The van der Waals surface area contributed by atoms with Gasteiger partial charge in [0, 0.05) is 6.20 Å². The van der Waals surface area contributed by atoms with Crippen molar-refractivity contribution in [2.24, 2.45) is 0 Å². The lowest BCUT2D eigenvalue weighted by atomic mass is 10.0. The number of aromatic nitrogens is 2. The van der Waals surface area contributed by atoms with Gasteiger partial charge in [-0.3, -0.25) is 0 Å². The maximum Gasteiger partial charge on any atom is 0.141 e. The van der Waals surface area contributed by atoms with Crippen molar-refractivity contribution in [1.29, 1.82) is 0 Å². The molecule has 0 amide bonds. The van der Waals surface area contributed by atoms with Gasteiger partial charge in [0.25, 0.3) is 0 Å². The quantitative estimate of drug-likeness (QED) is 0.665. The molecule has 0 fully saturated rings. The van der Waals surface area contributed by atoms with Crippen molar-refractivity contribution < 1.29 is 4.74 Å². The lowest BCUT2D eigenvalue weighted by molar-refractivity contribution is 0.337. The first kappa shape index (κ1) is 15.6. The highest BCUT2D eigenvalue weighted by Crippen LogP contribution is 2.34.